The maximum absolute atomic E-state index is 14.4. The van der Waals surface area contributed by atoms with E-state index < -0.39 is 23.1 Å². The first kappa shape index (κ1) is 20.1. The van der Waals surface area contributed by atoms with Gasteiger partial charge in [0.2, 0.25) is 5.88 Å². The number of fused-ring (bicyclic) bond motifs is 4. The average molecular weight is 449 g/mol. The Morgan fingerprint density at radius 2 is 1.91 bits per heavy atom. The van der Waals surface area contributed by atoms with E-state index in [0.717, 1.165) is 12.0 Å². The van der Waals surface area contributed by atoms with Crippen LogP contribution in [0.5, 0.6) is 5.88 Å². The van der Waals surface area contributed by atoms with E-state index in [0.29, 0.717) is 24.5 Å². The number of hydrogen-bond donors (Lipinski definition) is 1. The number of nitrogens with zero attached hydrogens (tertiary/aromatic N) is 4. The van der Waals surface area contributed by atoms with E-state index in [1.807, 2.05) is 0 Å². The second-order valence-corrected chi connectivity index (χ2v) is 9.47. The maximum atomic E-state index is 14.4. The fourth-order valence-corrected chi connectivity index (χ4v) is 6.19. The fourth-order valence-electron chi connectivity index (χ4n) is 6.19. The van der Waals surface area contributed by atoms with E-state index >= 15 is 0 Å². The number of hydrogen-bond acceptors (Lipinski definition) is 6. The largest absolute Gasteiger partial charge is 0.463 e. The number of halogens is 2. The van der Waals surface area contributed by atoms with E-state index in [1.54, 1.807) is 6.07 Å². The molecule has 2 unspecified atom stereocenters. The summed E-state index contributed by atoms with van der Waals surface area (Å²) in [5.74, 6) is -1.05. The monoisotopic (exact) mass is 449 g/mol. The van der Waals surface area contributed by atoms with Gasteiger partial charge in [0.1, 0.15) is 17.3 Å². The Labute approximate surface area is 188 Å². The lowest BCUT2D eigenvalue weighted by Crippen LogP contribution is -2.42. The normalized spacial score (nSPS) is 28.6. The summed E-state index contributed by atoms with van der Waals surface area (Å²) >= 11 is 0. The number of ether oxygens (including phenoxy) is 1. The number of carbonyl (C=O) groups is 1. The Kier molecular flexibility index (Phi) is 4.12. The van der Waals surface area contributed by atoms with Crippen molar-refractivity contribution in [3.05, 3.63) is 65.2 Å². The van der Waals surface area contributed by atoms with E-state index in [4.69, 9.17) is 4.74 Å². The molecule has 9 heteroatoms. The van der Waals surface area contributed by atoms with Crippen LogP contribution in [-0.4, -0.2) is 33.1 Å². The molecule has 0 spiro atoms. The highest BCUT2D eigenvalue weighted by molar-refractivity contribution is 5.94. The molecule has 3 aromatic rings. The van der Waals surface area contributed by atoms with Crippen LogP contribution in [0, 0.1) is 23.0 Å². The summed E-state index contributed by atoms with van der Waals surface area (Å²) in [4.78, 5) is 20.8. The molecule has 1 amide bonds. The molecule has 2 fully saturated rings. The molecule has 7 nitrogen and oxygen atoms in total. The topological polar surface area (TPSA) is 89.9 Å². The summed E-state index contributed by atoms with van der Waals surface area (Å²) in [7, 11) is 1.52. The molecule has 2 aromatic heterocycles. The second kappa shape index (κ2) is 6.76. The molecule has 2 heterocycles. The average Bonchev–Trinajstić information content (AvgIpc) is 2.90. The van der Waals surface area contributed by atoms with Gasteiger partial charge in [0.25, 0.3) is 5.91 Å². The Bertz CT molecular complexity index is 1300. The van der Waals surface area contributed by atoms with Gasteiger partial charge in [-0.25, -0.2) is 18.7 Å². The van der Waals surface area contributed by atoms with Crippen molar-refractivity contribution in [2.75, 3.05) is 7.05 Å². The minimum absolute atomic E-state index is 0.0458. The first-order valence-electron chi connectivity index (χ1n) is 10.9. The number of carbonyl (C=O) groups excluding carboxylic acids is 1. The second-order valence-electron chi connectivity index (χ2n) is 9.47. The van der Waals surface area contributed by atoms with Crippen molar-refractivity contribution in [3.8, 4) is 17.1 Å². The Morgan fingerprint density at radius 3 is 2.67 bits per heavy atom. The van der Waals surface area contributed by atoms with Gasteiger partial charge in [-0.05, 0) is 60.3 Å². The maximum Gasteiger partial charge on any atom is 0.275 e. The lowest BCUT2D eigenvalue weighted by molar-refractivity contribution is 0.0476. The summed E-state index contributed by atoms with van der Waals surface area (Å²) in [5, 5.41) is 11.2. The van der Waals surface area contributed by atoms with Gasteiger partial charge in [-0.1, -0.05) is 13.0 Å². The number of amides is 1. The molecule has 4 atom stereocenters. The predicted octanol–water partition coefficient (Wildman–Crippen LogP) is 3.76. The Hall–Kier alpha value is -3.49. The number of aromatic nitrogens is 4. The Morgan fingerprint density at radius 1 is 1.15 bits per heavy atom. The van der Waals surface area contributed by atoms with Crippen molar-refractivity contribution in [2.24, 2.45) is 11.3 Å². The third-order valence-electron chi connectivity index (χ3n) is 7.58. The molecule has 3 aliphatic rings. The number of rotatable bonds is 4. The molecule has 1 aromatic carbocycles. The van der Waals surface area contributed by atoms with E-state index in [-0.39, 0.29) is 34.2 Å². The molecular formula is C24H21F2N5O2. The molecule has 0 aliphatic heterocycles. The van der Waals surface area contributed by atoms with Crippen molar-refractivity contribution in [3.63, 3.8) is 0 Å². The van der Waals surface area contributed by atoms with Crippen LogP contribution < -0.4 is 10.1 Å². The molecule has 3 aliphatic carbocycles. The predicted molar refractivity (Wildman–Crippen MR) is 113 cm³/mol. The highest BCUT2D eigenvalue weighted by Gasteiger charge is 2.68. The van der Waals surface area contributed by atoms with Gasteiger partial charge in [0, 0.05) is 19.4 Å². The van der Waals surface area contributed by atoms with Gasteiger partial charge in [-0.2, -0.15) is 5.10 Å². The van der Waals surface area contributed by atoms with Crippen LogP contribution in [0.15, 0.2) is 36.7 Å². The lowest BCUT2D eigenvalue weighted by atomic mass is 9.54. The minimum Gasteiger partial charge on any atom is -0.463 e. The van der Waals surface area contributed by atoms with Gasteiger partial charge >= 0.3 is 0 Å². The van der Waals surface area contributed by atoms with E-state index in [9.17, 15) is 13.6 Å². The third kappa shape index (κ3) is 2.74. The van der Waals surface area contributed by atoms with Crippen molar-refractivity contribution >= 4 is 5.91 Å². The molecule has 0 radical (unpaired) electrons. The number of benzene rings is 1. The Balaban J connectivity index is 1.48. The molecular weight excluding hydrogens is 428 g/mol. The molecule has 2 bridgehead atoms. The summed E-state index contributed by atoms with van der Waals surface area (Å²) in [5.41, 5.74) is 0.849. The molecule has 0 saturated heterocycles. The van der Waals surface area contributed by atoms with Gasteiger partial charge in [0.05, 0.1) is 11.3 Å². The third-order valence-corrected chi connectivity index (χ3v) is 7.58. The van der Waals surface area contributed by atoms with E-state index in [1.165, 1.54) is 37.6 Å². The van der Waals surface area contributed by atoms with Crippen LogP contribution in [-0.2, 0) is 5.60 Å². The van der Waals surface area contributed by atoms with Crippen molar-refractivity contribution in [1.29, 1.82) is 0 Å². The summed E-state index contributed by atoms with van der Waals surface area (Å²) in [6.45, 7) is 2.23. The van der Waals surface area contributed by atoms with Crippen LogP contribution in [0.3, 0.4) is 0 Å². The summed E-state index contributed by atoms with van der Waals surface area (Å²) in [6.07, 6.45) is 5.26. The first-order valence-corrected chi connectivity index (χ1v) is 10.9. The first-order chi connectivity index (χ1) is 15.8. The zero-order chi connectivity index (χ0) is 23.0. The van der Waals surface area contributed by atoms with Crippen molar-refractivity contribution in [1.82, 2.24) is 25.5 Å². The van der Waals surface area contributed by atoms with Crippen LogP contribution in [0.2, 0.25) is 0 Å². The molecule has 1 N–H and O–H groups in total. The van der Waals surface area contributed by atoms with Gasteiger partial charge in [-0.3, -0.25) is 4.79 Å². The molecule has 6 rings (SSSR count). The quantitative estimate of drug-likeness (QED) is 0.652. The zero-order valence-electron chi connectivity index (χ0n) is 18.1. The van der Waals surface area contributed by atoms with Crippen LogP contribution >= 0.6 is 0 Å². The van der Waals surface area contributed by atoms with Gasteiger partial charge in [-0.15, -0.1) is 5.10 Å². The minimum atomic E-state index is -0.833. The SMILES string of the molecule is CNC(=O)c1nccnc1O[C@]12CC3[C@H](CC3(C)C1)c1cc(-c3c(F)cccc3F)nnc12. The zero-order valence-corrected chi connectivity index (χ0v) is 18.1. The standard InChI is InChI=1S/C24H21F2N5O2/c1-23-9-13-12-8-17(18-15(25)4-3-5-16(18)26)30-31-20(12)24(11-23,10-14(13)23)33-22-19(21(32)27-2)28-6-7-29-22/h3-8,13-14H,9-11H2,1-2H3,(H,27,32)/t13-,14?,23?,24-/m1/s1. The van der Waals surface area contributed by atoms with Gasteiger partial charge in [0.15, 0.2) is 11.3 Å². The van der Waals surface area contributed by atoms with Crippen molar-refractivity contribution < 1.29 is 18.3 Å². The lowest BCUT2D eigenvalue weighted by Gasteiger charge is -2.50. The molecule has 33 heavy (non-hydrogen) atoms. The van der Waals surface area contributed by atoms with Crippen molar-refractivity contribution in [2.45, 2.75) is 37.7 Å². The van der Waals surface area contributed by atoms with Crippen LogP contribution in [0.4, 0.5) is 8.78 Å². The van der Waals surface area contributed by atoms with Crippen LogP contribution in [0.1, 0.15) is 53.8 Å². The number of nitrogens with one attached hydrogen (secondary N) is 1. The highest BCUT2D eigenvalue weighted by Crippen LogP contribution is 2.73. The summed E-state index contributed by atoms with van der Waals surface area (Å²) in [6, 6.07) is 5.50. The molecule has 2 saturated carbocycles. The van der Waals surface area contributed by atoms with Gasteiger partial charge < -0.3 is 10.1 Å². The highest BCUT2D eigenvalue weighted by atomic mass is 19.1. The molecule has 168 valence electrons. The summed E-state index contributed by atoms with van der Waals surface area (Å²) < 4.78 is 35.4. The van der Waals surface area contributed by atoms with Crippen LogP contribution in [0.25, 0.3) is 11.3 Å². The smallest absolute Gasteiger partial charge is 0.275 e. The fraction of sp³-hybridized carbons (Fsp3) is 0.375. The van der Waals surface area contributed by atoms with E-state index in [2.05, 4.69) is 32.4 Å².